The van der Waals surface area contributed by atoms with Crippen molar-refractivity contribution in [2.45, 2.75) is 25.0 Å². The molecule has 11 heteroatoms. The second-order valence-electron chi connectivity index (χ2n) is 7.21. The van der Waals surface area contributed by atoms with Crippen LogP contribution in [0, 0.1) is 5.82 Å². The standard InChI is InChI=1S/C23H24FN5O4S/c1-4-33-22(32)15-9-11-16(12-10-15)26-19(30)13-34-23-28-27-20(29(23)3)14(2)25-21(31)17-7-5-6-8-18(17)24/h5-12,14H,4,13H2,1-3H3,(H,25,31)(H,26,30)/t14-/m0/s1. The number of anilines is 1. The molecule has 0 aliphatic carbocycles. The van der Waals surface area contributed by atoms with Crippen LogP contribution in [0.2, 0.25) is 0 Å². The number of carbonyl (C=O) groups excluding carboxylic acids is 3. The van der Waals surface area contributed by atoms with Crippen LogP contribution in [-0.4, -0.2) is 44.9 Å². The fourth-order valence-electron chi connectivity index (χ4n) is 3.04. The summed E-state index contributed by atoms with van der Waals surface area (Å²) in [6.45, 7) is 3.73. The van der Waals surface area contributed by atoms with Crippen LogP contribution in [-0.2, 0) is 16.6 Å². The fourth-order valence-corrected chi connectivity index (χ4v) is 3.76. The molecule has 2 aromatic carbocycles. The lowest BCUT2D eigenvalue weighted by Crippen LogP contribution is -2.29. The first-order valence-corrected chi connectivity index (χ1v) is 11.4. The number of rotatable bonds is 9. The first kappa shape index (κ1) is 24.9. The zero-order valence-electron chi connectivity index (χ0n) is 18.9. The molecular formula is C23H24FN5O4S. The number of hydrogen-bond acceptors (Lipinski definition) is 7. The SMILES string of the molecule is CCOC(=O)c1ccc(NC(=O)CSc2nnc([C@H](C)NC(=O)c3ccccc3F)n2C)cc1. The zero-order valence-corrected chi connectivity index (χ0v) is 19.7. The van der Waals surface area contributed by atoms with Gasteiger partial charge in [0.2, 0.25) is 5.91 Å². The molecule has 0 saturated carbocycles. The van der Waals surface area contributed by atoms with Gasteiger partial charge in [0.15, 0.2) is 11.0 Å². The Balaban J connectivity index is 1.54. The monoisotopic (exact) mass is 485 g/mol. The van der Waals surface area contributed by atoms with E-state index in [0.29, 0.717) is 22.2 Å². The highest BCUT2D eigenvalue weighted by molar-refractivity contribution is 7.99. The Morgan fingerprint density at radius 2 is 1.82 bits per heavy atom. The molecule has 1 aromatic heterocycles. The summed E-state index contributed by atoms with van der Waals surface area (Å²) in [4.78, 5) is 36.4. The molecule has 3 aromatic rings. The molecule has 34 heavy (non-hydrogen) atoms. The van der Waals surface area contributed by atoms with Gasteiger partial charge in [-0.15, -0.1) is 10.2 Å². The van der Waals surface area contributed by atoms with Crippen LogP contribution >= 0.6 is 11.8 Å². The van der Waals surface area contributed by atoms with Crippen LogP contribution in [0.5, 0.6) is 0 Å². The number of benzene rings is 2. The van der Waals surface area contributed by atoms with Crippen LogP contribution in [0.4, 0.5) is 10.1 Å². The molecule has 1 atom stereocenters. The number of amides is 2. The smallest absolute Gasteiger partial charge is 0.338 e. The van der Waals surface area contributed by atoms with Crippen LogP contribution in [0.25, 0.3) is 0 Å². The topological polar surface area (TPSA) is 115 Å². The van der Waals surface area contributed by atoms with E-state index in [0.717, 1.165) is 0 Å². The average Bonchev–Trinajstić information content (AvgIpc) is 3.19. The minimum absolute atomic E-state index is 0.0573. The maximum atomic E-state index is 13.8. The molecule has 178 valence electrons. The maximum absolute atomic E-state index is 13.8. The van der Waals surface area contributed by atoms with E-state index in [9.17, 15) is 18.8 Å². The van der Waals surface area contributed by atoms with Crippen LogP contribution in [0.15, 0.2) is 53.7 Å². The summed E-state index contributed by atoms with van der Waals surface area (Å²) in [5.74, 6) is -1.32. The van der Waals surface area contributed by atoms with Crippen LogP contribution < -0.4 is 10.6 Å². The van der Waals surface area contributed by atoms with Crippen molar-refractivity contribution >= 4 is 35.2 Å². The molecule has 2 N–H and O–H groups in total. The molecule has 0 bridgehead atoms. The minimum atomic E-state index is -0.608. The lowest BCUT2D eigenvalue weighted by atomic mass is 10.2. The highest BCUT2D eigenvalue weighted by Crippen LogP contribution is 2.20. The number of ether oxygens (including phenoxy) is 1. The third-order valence-electron chi connectivity index (χ3n) is 4.73. The normalized spacial score (nSPS) is 11.5. The highest BCUT2D eigenvalue weighted by atomic mass is 32.2. The number of thioether (sulfide) groups is 1. The molecule has 0 radical (unpaired) electrons. The van der Waals surface area contributed by atoms with Gasteiger partial charge in [0.05, 0.1) is 29.5 Å². The third kappa shape index (κ3) is 6.19. The predicted octanol–water partition coefficient (Wildman–Crippen LogP) is 3.35. The maximum Gasteiger partial charge on any atom is 0.338 e. The van der Waals surface area contributed by atoms with E-state index in [4.69, 9.17) is 4.74 Å². The van der Waals surface area contributed by atoms with Crippen molar-refractivity contribution in [2.75, 3.05) is 17.7 Å². The van der Waals surface area contributed by atoms with Gasteiger partial charge in [-0.05, 0) is 50.2 Å². The van der Waals surface area contributed by atoms with Crippen LogP contribution in [0.1, 0.15) is 46.4 Å². The third-order valence-corrected chi connectivity index (χ3v) is 5.75. The Morgan fingerprint density at radius 3 is 2.50 bits per heavy atom. The quantitative estimate of drug-likeness (QED) is 0.353. The van der Waals surface area contributed by atoms with E-state index < -0.39 is 23.7 Å². The number of halogens is 1. The zero-order chi connectivity index (χ0) is 24.7. The fraction of sp³-hybridized carbons (Fsp3) is 0.261. The Kier molecular flexibility index (Phi) is 8.36. The van der Waals surface area contributed by atoms with Gasteiger partial charge in [-0.25, -0.2) is 9.18 Å². The number of aromatic nitrogens is 3. The van der Waals surface area contributed by atoms with Crippen LogP contribution in [0.3, 0.4) is 0 Å². The largest absolute Gasteiger partial charge is 0.462 e. The summed E-state index contributed by atoms with van der Waals surface area (Å²) in [5.41, 5.74) is 0.886. The second-order valence-corrected chi connectivity index (χ2v) is 8.15. The van der Waals surface area contributed by atoms with E-state index in [1.54, 1.807) is 55.8 Å². The van der Waals surface area contributed by atoms with E-state index >= 15 is 0 Å². The Hall–Kier alpha value is -3.73. The molecule has 0 fully saturated rings. The van der Waals surface area contributed by atoms with E-state index in [-0.39, 0.29) is 23.8 Å². The lowest BCUT2D eigenvalue weighted by Gasteiger charge is -2.14. The molecule has 0 unspecified atom stereocenters. The van der Waals surface area contributed by atoms with Crippen molar-refractivity contribution in [3.8, 4) is 0 Å². The van der Waals surface area contributed by atoms with Gasteiger partial charge in [-0.2, -0.15) is 0 Å². The molecule has 0 spiro atoms. The van der Waals surface area contributed by atoms with Gasteiger partial charge >= 0.3 is 5.97 Å². The molecule has 0 aliphatic heterocycles. The molecule has 3 rings (SSSR count). The van der Waals surface area contributed by atoms with Gasteiger partial charge < -0.3 is 19.9 Å². The number of carbonyl (C=O) groups is 3. The number of hydrogen-bond donors (Lipinski definition) is 2. The van der Waals surface area contributed by atoms with Gasteiger partial charge in [-0.3, -0.25) is 9.59 Å². The Morgan fingerprint density at radius 1 is 1.12 bits per heavy atom. The van der Waals surface area contributed by atoms with Crippen molar-refractivity contribution in [3.63, 3.8) is 0 Å². The second kappa shape index (κ2) is 11.4. The molecule has 2 amide bonds. The van der Waals surface area contributed by atoms with E-state index in [2.05, 4.69) is 20.8 Å². The lowest BCUT2D eigenvalue weighted by molar-refractivity contribution is -0.113. The number of esters is 1. The summed E-state index contributed by atoms with van der Waals surface area (Å²) in [6.07, 6.45) is 0. The van der Waals surface area contributed by atoms with Gasteiger partial charge in [0.25, 0.3) is 5.91 Å². The Bertz CT molecular complexity index is 1180. The van der Waals surface area contributed by atoms with E-state index in [1.807, 2.05) is 0 Å². The van der Waals surface area contributed by atoms with Crippen molar-refractivity contribution in [1.29, 1.82) is 0 Å². The molecule has 9 nitrogen and oxygen atoms in total. The van der Waals surface area contributed by atoms with Crippen molar-refractivity contribution in [1.82, 2.24) is 20.1 Å². The van der Waals surface area contributed by atoms with Gasteiger partial charge in [-0.1, -0.05) is 23.9 Å². The first-order valence-electron chi connectivity index (χ1n) is 10.4. The number of nitrogens with zero attached hydrogens (tertiary/aromatic N) is 3. The summed E-state index contributed by atoms with van der Waals surface area (Å²) >= 11 is 1.18. The minimum Gasteiger partial charge on any atom is -0.462 e. The molecule has 0 aliphatic rings. The summed E-state index contributed by atoms with van der Waals surface area (Å²) in [6, 6.07) is 11.6. The summed E-state index contributed by atoms with van der Waals surface area (Å²) < 4.78 is 20.4. The van der Waals surface area contributed by atoms with Crippen molar-refractivity contribution in [2.24, 2.45) is 7.05 Å². The average molecular weight is 486 g/mol. The Labute approximate surface area is 200 Å². The van der Waals surface area contributed by atoms with Gasteiger partial charge in [0.1, 0.15) is 5.82 Å². The molecule has 1 heterocycles. The predicted molar refractivity (Wildman–Crippen MR) is 125 cm³/mol. The summed E-state index contributed by atoms with van der Waals surface area (Å²) in [7, 11) is 1.72. The first-order chi connectivity index (χ1) is 16.3. The van der Waals surface area contributed by atoms with Gasteiger partial charge in [0, 0.05) is 12.7 Å². The van der Waals surface area contributed by atoms with E-state index in [1.165, 1.54) is 30.0 Å². The van der Waals surface area contributed by atoms with Crippen molar-refractivity contribution < 1.29 is 23.5 Å². The summed E-state index contributed by atoms with van der Waals surface area (Å²) in [5, 5.41) is 14.1. The highest BCUT2D eigenvalue weighted by Gasteiger charge is 2.20. The molecule has 0 saturated heterocycles. The molecular weight excluding hydrogens is 461 g/mol. The van der Waals surface area contributed by atoms with Crippen molar-refractivity contribution in [3.05, 3.63) is 71.3 Å². The number of nitrogens with one attached hydrogen (secondary N) is 2.